The van der Waals surface area contributed by atoms with E-state index in [2.05, 4.69) is 9.97 Å². The molecule has 0 bridgehead atoms. The zero-order chi connectivity index (χ0) is 14.5. The Morgan fingerprint density at radius 1 is 1.30 bits per heavy atom. The second-order valence-electron chi connectivity index (χ2n) is 4.56. The van der Waals surface area contributed by atoms with Gasteiger partial charge in [-0.2, -0.15) is 0 Å². The van der Waals surface area contributed by atoms with Crippen molar-refractivity contribution in [1.29, 1.82) is 0 Å². The molecule has 0 aliphatic carbocycles. The quantitative estimate of drug-likeness (QED) is 0.617. The minimum atomic E-state index is -0.364. The maximum absolute atomic E-state index is 10.8. The van der Waals surface area contributed by atoms with Crippen LogP contribution < -0.4 is 4.90 Å². The zero-order valence-electron chi connectivity index (χ0n) is 11.5. The third-order valence-corrected chi connectivity index (χ3v) is 3.11. The Bertz CT molecular complexity index is 601. The molecule has 0 saturated carbocycles. The maximum Gasteiger partial charge on any atom is 0.272 e. The van der Waals surface area contributed by atoms with Crippen molar-refractivity contribution < 1.29 is 4.92 Å². The number of aryl methyl sites for hydroxylation is 1. The molecule has 0 amide bonds. The molecule has 0 fully saturated rings. The fourth-order valence-electron chi connectivity index (χ4n) is 1.94. The SMILES string of the molecule is Cc1cc(N(C)CCc2ncccn2)ccc1[N+](=O)[O-]. The van der Waals surface area contributed by atoms with Gasteiger partial charge in [0.05, 0.1) is 4.92 Å². The lowest BCUT2D eigenvalue weighted by molar-refractivity contribution is -0.385. The van der Waals surface area contributed by atoms with Gasteiger partial charge in [0.2, 0.25) is 0 Å². The van der Waals surface area contributed by atoms with Gasteiger partial charge in [-0.05, 0) is 25.1 Å². The van der Waals surface area contributed by atoms with Crippen molar-refractivity contribution in [2.45, 2.75) is 13.3 Å². The summed E-state index contributed by atoms with van der Waals surface area (Å²) in [5, 5.41) is 10.8. The van der Waals surface area contributed by atoms with Crippen molar-refractivity contribution >= 4 is 11.4 Å². The van der Waals surface area contributed by atoms with Crippen molar-refractivity contribution in [1.82, 2.24) is 9.97 Å². The van der Waals surface area contributed by atoms with Crippen LogP contribution in [0.3, 0.4) is 0 Å². The van der Waals surface area contributed by atoms with E-state index < -0.39 is 0 Å². The number of rotatable bonds is 5. The third-order valence-electron chi connectivity index (χ3n) is 3.11. The van der Waals surface area contributed by atoms with Gasteiger partial charge in [-0.25, -0.2) is 9.97 Å². The molecular formula is C14H16N4O2. The molecule has 1 aromatic carbocycles. The lowest BCUT2D eigenvalue weighted by Gasteiger charge is -2.19. The van der Waals surface area contributed by atoms with E-state index in [4.69, 9.17) is 0 Å². The van der Waals surface area contributed by atoms with E-state index in [1.54, 1.807) is 37.5 Å². The van der Waals surface area contributed by atoms with E-state index in [0.717, 1.165) is 24.5 Å². The summed E-state index contributed by atoms with van der Waals surface area (Å²) >= 11 is 0. The van der Waals surface area contributed by atoms with Crippen LogP contribution >= 0.6 is 0 Å². The topological polar surface area (TPSA) is 72.2 Å². The molecule has 1 aromatic heterocycles. The minimum Gasteiger partial charge on any atom is -0.374 e. The minimum absolute atomic E-state index is 0.147. The molecule has 0 aliphatic rings. The van der Waals surface area contributed by atoms with Crippen LogP contribution in [0.25, 0.3) is 0 Å². The molecule has 0 atom stereocenters. The molecule has 6 heteroatoms. The third kappa shape index (κ3) is 3.28. The maximum atomic E-state index is 10.8. The summed E-state index contributed by atoms with van der Waals surface area (Å²) in [6.45, 7) is 2.50. The summed E-state index contributed by atoms with van der Waals surface area (Å²) < 4.78 is 0. The normalized spacial score (nSPS) is 10.3. The van der Waals surface area contributed by atoms with E-state index in [0.29, 0.717) is 5.56 Å². The van der Waals surface area contributed by atoms with Crippen molar-refractivity contribution in [3.05, 3.63) is 58.2 Å². The Labute approximate surface area is 117 Å². The first-order valence-electron chi connectivity index (χ1n) is 6.30. The summed E-state index contributed by atoms with van der Waals surface area (Å²) in [5.74, 6) is 0.790. The molecule has 20 heavy (non-hydrogen) atoms. The molecule has 2 aromatic rings. The van der Waals surface area contributed by atoms with E-state index in [1.165, 1.54) is 0 Å². The number of nitro groups is 1. The molecule has 104 valence electrons. The first kappa shape index (κ1) is 13.9. The molecule has 0 spiro atoms. The van der Waals surface area contributed by atoms with Crippen molar-refractivity contribution in [2.75, 3.05) is 18.5 Å². The van der Waals surface area contributed by atoms with Crippen molar-refractivity contribution in [3.8, 4) is 0 Å². The number of nitro benzene ring substituents is 1. The Balaban J connectivity index is 2.04. The number of hydrogen-bond donors (Lipinski definition) is 0. The average molecular weight is 272 g/mol. The van der Waals surface area contributed by atoms with E-state index in [1.807, 2.05) is 18.0 Å². The molecule has 6 nitrogen and oxygen atoms in total. The Morgan fingerprint density at radius 2 is 2.00 bits per heavy atom. The summed E-state index contributed by atoms with van der Waals surface area (Å²) in [5.41, 5.74) is 1.76. The second-order valence-corrected chi connectivity index (χ2v) is 4.56. The molecule has 0 saturated heterocycles. The highest BCUT2D eigenvalue weighted by atomic mass is 16.6. The van der Waals surface area contributed by atoms with Gasteiger partial charge in [0.15, 0.2) is 0 Å². The van der Waals surface area contributed by atoms with Gasteiger partial charge in [-0.3, -0.25) is 10.1 Å². The van der Waals surface area contributed by atoms with Gasteiger partial charge in [0.25, 0.3) is 5.69 Å². The Kier molecular flexibility index (Phi) is 4.24. The van der Waals surface area contributed by atoms with Crippen LogP contribution in [0.15, 0.2) is 36.7 Å². The van der Waals surface area contributed by atoms with Crippen molar-refractivity contribution in [2.24, 2.45) is 0 Å². The summed E-state index contributed by atoms with van der Waals surface area (Å²) in [7, 11) is 1.95. The van der Waals surface area contributed by atoms with Crippen molar-refractivity contribution in [3.63, 3.8) is 0 Å². The number of anilines is 1. The van der Waals surface area contributed by atoms with E-state index in [-0.39, 0.29) is 10.6 Å². The van der Waals surface area contributed by atoms with Gasteiger partial charge < -0.3 is 4.90 Å². The van der Waals surface area contributed by atoms with Gasteiger partial charge >= 0.3 is 0 Å². The van der Waals surface area contributed by atoms with E-state index >= 15 is 0 Å². The highest BCUT2D eigenvalue weighted by Crippen LogP contribution is 2.23. The fraction of sp³-hybridized carbons (Fsp3) is 0.286. The molecule has 2 rings (SSSR count). The highest BCUT2D eigenvalue weighted by molar-refractivity contribution is 5.54. The number of nitrogens with zero attached hydrogens (tertiary/aromatic N) is 4. The summed E-state index contributed by atoms with van der Waals surface area (Å²) in [4.78, 5) is 20.8. The standard InChI is InChI=1S/C14H16N4O2/c1-11-10-12(4-5-13(11)18(19)20)17(2)9-6-14-15-7-3-8-16-14/h3-5,7-8,10H,6,9H2,1-2H3. The number of aromatic nitrogens is 2. The molecule has 0 N–H and O–H groups in total. The average Bonchev–Trinajstić information content (AvgIpc) is 2.45. The molecule has 1 heterocycles. The first-order chi connectivity index (χ1) is 9.58. The zero-order valence-corrected chi connectivity index (χ0v) is 11.5. The van der Waals surface area contributed by atoms with Gasteiger partial charge in [0, 0.05) is 49.7 Å². The lowest BCUT2D eigenvalue weighted by Crippen LogP contribution is -2.21. The Morgan fingerprint density at radius 3 is 2.60 bits per heavy atom. The predicted octanol–water partition coefficient (Wildman–Crippen LogP) is 2.37. The molecule has 0 aliphatic heterocycles. The molecular weight excluding hydrogens is 256 g/mol. The van der Waals surface area contributed by atoms with Crippen LogP contribution in [0.5, 0.6) is 0 Å². The number of hydrogen-bond acceptors (Lipinski definition) is 5. The smallest absolute Gasteiger partial charge is 0.272 e. The van der Waals surface area contributed by atoms with Crippen LogP contribution in [0.1, 0.15) is 11.4 Å². The first-order valence-corrected chi connectivity index (χ1v) is 6.30. The van der Waals surface area contributed by atoms with Crippen LogP contribution in [0.4, 0.5) is 11.4 Å². The highest BCUT2D eigenvalue weighted by Gasteiger charge is 2.12. The van der Waals surface area contributed by atoms with Crippen LogP contribution in [0.2, 0.25) is 0 Å². The monoisotopic (exact) mass is 272 g/mol. The van der Waals surface area contributed by atoms with Gasteiger partial charge in [-0.1, -0.05) is 0 Å². The number of likely N-dealkylation sites (N-methyl/N-ethyl adjacent to an activating group) is 1. The lowest BCUT2D eigenvalue weighted by atomic mass is 10.1. The number of benzene rings is 1. The second kappa shape index (κ2) is 6.10. The Hall–Kier alpha value is -2.50. The predicted molar refractivity (Wildman–Crippen MR) is 76.8 cm³/mol. The van der Waals surface area contributed by atoms with Crippen LogP contribution in [-0.4, -0.2) is 28.5 Å². The molecule has 0 unspecified atom stereocenters. The van der Waals surface area contributed by atoms with Gasteiger partial charge in [-0.15, -0.1) is 0 Å². The summed E-state index contributed by atoms with van der Waals surface area (Å²) in [6, 6.07) is 6.91. The summed E-state index contributed by atoms with van der Waals surface area (Å²) in [6.07, 6.45) is 4.17. The van der Waals surface area contributed by atoms with Crippen LogP contribution in [0, 0.1) is 17.0 Å². The van der Waals surface area contributed by atoms with E-state index in [9.17, 15) is 10.1 Å². The molecule has 0 radical (unpaired) electrons. The van der Waals surface area contributed by atoms with Gasteiger partial charge in [0.1, 0.15) is 5.82 Å². The fourth-order valence-corrected chi connectivity index (χ4v) is 1.94. The van der Waals surface area contributed by atoms with Crippen LogP contribution in [-0.2, 0) is 6.42 Å². The largest absolute Gasteiger partial charge is 0.374 e.